The third-order valence-electron chi connectivity index (χ3n) is 3.07. The highest BCUT2D eigenvalue weighted by atomic mass is 16.1. The topological polar surface area (TPSA) is 17.1 Å². The van der Waals surface area contributed by atoms with Crippen LogP contribution in [0.5, 0.6) is 0 Å². The maximum absolute atomic E-state index is 11.7. The Hall–Kier alpha value is -1.11. The highest BCUT2D eigenvalue weighted by Gasteiger charge is 2.03. The average Bonchev–Trinajstić information content (AvgIpc) is 2.36. The monoisotopic (exact) mass is 232 g/mol. The molecule has 0 radical (unpaired) electrons. The van der Waals surface area contributed by atoms with Crippen LogP contribution in [0.3, 0.4) is 0 Å². The molecule has 0 saturated carbocycles. The van der Waals surface area contributed by atoms with Gasteiger partial charge in [0.2, 0.25) is 0 Å². The fourth-order valence-electron chi connectivity index (χ4n) is 1.98. The summed E-state index contributed by atoms with van der Waals surface area (Å²) < 4.78 is 0. The van der Waals surface area contributed by atoms with Crippen molar-refractivity contribution in [3.63, 3.8) is 0 Å². The Balaban J connectivity index is 2.42. The summed E-state index contributed by atoms with van der Waals surface area (Å²) in [6.07, 6.45) is 7.91. The van der Waals surface area contributed by atoms with Gasteiger partial charge in [-0.25, -0.2) is 0 Å². The van der Waals surface area contributed by atoms with Crippen molar-refractivity contribution in [2.75, 3.05) is 0 Å². The second-order valence-corrected chi connectivity index (χ2v) is 4.68. The summed E-state index contributed by atoms with van der Waals surface area (Å²) in [7, 11) is 0. The number of Topliss-reactive ketones (excluding diaryl/α,β-unsaturated/α-hetero) is 1. The minimum absolute atomic E-state index is 0.269. The number of hydrogen-bond donors (Lipinski definition) is 0. The van der Waals surface area contributed by atoms with E-state index in [4.69, 9.17) is 0 Å². The smallest absolute Gasteiger partial charge is 0.162 e. The van der Waals surface area contributed by atoms with Gasteiger partial charge in [0.25, 0.3) is 0 Å². The number of ketones is 1. The normalized spacial score (nSPS) is 10.5. The lowest BCUT2D eigenvalue weighted by molar-refractivity contribution is 0.0982. The van der Waals surface area contributed by atoms with Gasteiger partial charge in [-0.2, -0.15) is 0 Å². The SMILES string of the molecule is CCCCCCc1ccc(C(=O)CCC)cc1. The first-order valence-corrected chi connectivity index (χ1v) is 6.90. The molecule has 1 rings (SSSR count). The maximum atomic E-state index is 11.7. The number of rotatable bonds is 8. The molecular formula is C16H24O. The number of benzene rings is 1. The minimum Gasteiger partial charge on any atom is -0.294 e. The molecule has 1 aromatic rings. The van der Waals surface area contributed by atoms with Crippen LogP contribution in [-0.4, -0.2) is 5.78 Å². The Morgan fingerprint density at radius 1 is 0.941 bits per heavy atom. The molecule has 0 heterocycles. The molecule has 0 spiro atoms. The van der Waals surface area contributed by atoms with E-state index in [9.17, 15) is 4.79 Å². The van der Waals surface area contributed by atoms with E-state index >= 15 is 0 Å². The lowest BCUT2D eigenvalue weighted by atomic mass is 10.0. The summed E-state index contributed by atoms with van der Waals surface area (Å²) >= 11 is 0. The van der Waals surface area contributed by atoms with Crippen LogP contribution < -0.4 is 0 Å². The number of unbranched alkanes of at least 4 members (excludes halogenated alkanes) is 3. The fraction of sp³-hybridized carbons (Fsp3) is 0.562. The molecule has 0 saturated heterocycles. The van der Waals surface area contributed by atoms with Crippen LogP contribution in [0.4, 0.5) is 0 Å². The van der Waals surface area contributed by atoms with E-state index in [-0.39, 0.29) is 5.78 Å². The number of aryl methyl sites for hydroxylation is 1. The van der Waals surface area contributed by atoms with Gasteiger partial charge < -0.3 is 0 Å². The zero-order chi connectivity index (χ0) is 12.5. The molecule has 0 unspecified atom stereocenters. The van der Waals surface area contributed by atoms with Crippen molar-refractivity contribution >= 4 is 5.78 Å². The van der Waals surface area contributed by atoms with Crippen molar-refractivity contribution in [1.82, 2.24) is 0 Å². The number of carbonyl (C=O) groups is 1. The highest BCUT2D eigenvalue weighted by Crippen LogP contribution is 2.11. The third-order valence-corrected chi connectivity index (χ3v) is 3.07. The Labute approximate surface area is 105 Å². The minimum atomic E-state index is 0.269. The standard InChI is InChI=1S/C16H24O/c1-3-5-6-7-9-14-10-12-15(13-11-14)16(17)8-4-2/h10-13H,3-9H2,1-2H3. The van der Waals surface area contributed by atoms with Gasteiger partial charge >= 0.3 is 0 Å². The quantitative estimate of drug-likeness (QED) is 0.465. The van der Waals surface area contributed by atoms with E-state index in [1.165, 1.54) is 31.2 Å². The van der Waals surface area contributed by atoms with Crippen molar-refractivity contribution in [2.24, 2.45) is 0 Å². The van der Waals surface area contributed by atoms with E-state index < -0.39 is 0 Å². The van der Waals surface area contributed by atoms with Crippen molar-refractivity contribution in [3.05, 3.63) is 35.4 Å². The van der Waals surface area contributed by atoms with Crippen LogP contribution in [0.15, 0.2) is 24.3 Å². The number of hydrogen-bond acceptors (Lipinski definition) is 1. The van der Waals surface area contributed by atoms with Crippen molar-refractivity contribution < 1.29 is 4.79 Å². The first-order valence-electron chi connectivity index (χ1n) is 6.90. The van der Waals surface area contributed by atoms with Gasteiger partial charge in [0.15, 0.2) is 5.78 Å². The van der Waals surface area contributed by atoms with E-state index in [1.54, 1.807) is 0 Å². The highest BCUT2D eigenvalue weighted by molar-refractivity contribution is 5.95. The average molecular weight is 232 g/mol. The second-order valence-electron chi connectivity index (χ2n) is 4.68. The molecule has 0 fully saturated rings. The van der Waals surface area contributed by atoms with E-state index in [1.807, 2.05) is 19.1 Å². The van der Waals surface area contributed by atoms with Crippen LogP contribution in [0.25, 0.3) is 0 Å². The fourth-order valence-corrected chi connectivity index (χ4v) is 1.98. The maximum Gasteiger partial charge on any atom is 0.162 e. The molecule has 0 N–H and O–H groups in total. The summed E-state index contributed by atoms with van der Waals surface area (Å²) in [5, 5.41) is 0. The van der Waals surface area contributed by atoms with Gasteiger partial charge in [-0.1, -0.05) is 57.4 Å². The van der Waals surface area contributed by atoms with Gasteiger partial charge in [0, 0.05) is 12.0 Å². The van der Waals surface area contributed by atoms with E-state index in [2.05, 4.69) is 19.1 Å². The third kappa shape index (κ3) is 5.16. The Morgan fingerprint density at radius 2 is 1.65 bits per heavy atom. The summed E-state index contributed by atoms with van der Waals surface area (Å²) in [5.74, 6) is 0.269. The van der Waals surface area contributed by atoms with Gasteiger partial charge in [-0.3, -0.25) is 4.79 Å². The first-order chi connectivity index (χ1) is 8.27. The van der Waals surface area contributed by atoms with Crippen LogP contribution in [0.1, 0.15) is 68.3 Å². The number of carbonyl (C=O) groups excluding carboxylic acids is 1. The van der Waals surface area contributed by atoms with Crippen molar-refractivity contribution in [1.29, 1.82) is 0 Å². The first kappa shape index (κ1) is 14.0. The second kappa shape index (κ2) is 8.05. The lowest BCUT2D eigenvalue weighted by Gasteiger charge is -2.03. The molecule has 0 aliphatic carbocycles. The van der Waals surface area contributed by atoms with Gasteiger partial charge in [0.05, 0.1) is 0 Å². The Bertz CT molecular complexity index is 324. The van der Waals surface area contributed by atoms with Crippen LogP contribution >= 0.6 is 0 Å². The molecule has 0 aliphatic heterocycles. The lowest BCUT2D eigenvalue weighted by Crippen LogP contribution is -1.98. The molecule has 1 aromatic carbocycles. The zero-order valence-electron chi connectivity index (χ0n) is 11.2. The summed E-state index contributed by atoms with van der Waals surface area (Å²) in [6.45, 7) is 4.27. The molecule has 1 heteroatoms. The van der Waals surface area contributed by atoms with Crippen LogP contribution in [0, 0.1) is 0 Å². The molecule has 0 aromatic heterocycles. The molecule has 94 valence electrons. The molecule has 17 heavy (non-hydrogen) atoms. The van der Waals surface area contributed by atoms with Gasteiger partial charge in [-0.15, -0.1) is 0 Å². The molecule has 1 nitrogen and oxygen atoms in total. The molecule has 0 aliphatic rings. The van der Waals surface area contributed by atoms with Crippen LogP contribution in [-0.2, 0) is 6.42 Å². The van der Waals surface area contributed by atoms with E-state index in [0.717, 1.165) is 18.4 Å². The van der Waals surface area contributed by atoms with E-state index in [0.29, 0.717) is 6.42 Å². The zero-order valence-corrected chi connectivity index (χ0v) is 11.2. The Kier molecular flexibility index (Phi) is 6.61. The van der Waals surface area contributed by atoms with Crippen molar-refractivity contribution in [3.8, 4) is 0 Å². The van der Waals surface area contributed by atoms with Gasteiger partial charge in [0.1, 0.15) is 0 Å². The summed E-state index contributed by atoms with van der Waals surface area (Å²) in [4.78, 5) is 11.7. The van der Waals surface area contributed by atoms with Crippen LogP contribution in [0.2, 0.25) is 0 Å². The summed E-state index contributed by atoms with van der Waals surface area (Å²) in [5.41, 5.74) is 2.22. The molecule has 0 atom stereocenters. The molecule has 0 amide bonds. The Morgan fingerprint density at radius 3 is 2.24 bits per heavy atom. The predicted molar refractivity (Wildman–Crippen MR) is 73.5 cm³/mol. The summed E-state index contributed by atoms with van der Waals surface area (Å²) in [6, 6.07) is 8.17. The molecule has 0 bridgehead atoms. The molecular weight excluding hydrogens is 208 g/mol. The predicted octanol–water partition coefficient (Wildman–Crippen LogP) is 4.79. The largest absolute Gasteiger partial charge is 0.294 e. The van der Waals surface area contributed by atoms with Gasteiger partial charge in [-0.05, 0) is 24.8 Å². The van der Waals surface area contributed by atoms with Crippen molar-refractivity contribution in [2.45, 2.75) is 58.8 Å².